The van der Waals surface area contributed by atoms with Gasteiger partial charge in [0.2, 0.25) is 0 Å². The third kappa shape index (κ3) is 3.23. The van der Waals surface area contributed by atoms with E-state index in [0.29, 0.717) is 6.54 Å². The summed E-state index contributed by atoms with van der Waals surface area (Å²) in [5.74, 6) is 0. The molecule has 0 aliphatic rings. The van der Waals surface area contributed by atoms with Crippen LogP contribution in [0.2, 0.25) is 0 Å². The minimum absolute atomic E-state index is 0. The Hall–Kier alpha value is -1.03. The lowest BCUT2D eigenvalue weighted by Gasteiger charge is -2.01. The van der Waals surface area contributed by atoms with Crippen molar-refractivity contribution in [3.63, 3.8) is 0 Å². The number of nitrogens with zero attached hydrogens (tertiary/aromatic N) is 2. The summed E-state index contributed by atoms with van der Waals surface area (Å²) in [5, 5.41) is 4.13. The number of hydrogen-bond donors (Lipinski definition) is 1. The number of halogens is 2. The summed E-state index contributed by atoms with van der Waals surface area (Å²) in [6, 6.07) is 9.94. The molecular formula is C10H13Cl2N3. The van der Waals surface area contributed by atoms with Crippen LogP contribution in [0, 0.1) is 0 Å². The van der Waals surface area contributed by atoms with Gasteiger partial charge in [0.1, 0.15) is 0 Å². The molecule has 0 saturated heterocycles. The van der Waals surface area contributed by atoms with Crippen LogP contribution >= 0.6 is 24.8 Å². The van der Waals surface area contributed by atoms with E-state index >= 15 is 0 Å². The standard InChI is InChI=1S/C10H11N3.2ClH/c11-8-9-2-4-10(5-3-9)13-7-1-6-12-13;;/h1-7H,8,11H2;2*1H. The summed E-state index contributed by atoms with van der Waals surface area (Å²) in [4.78, 5) is 0. The van der Waals surface area contributed by atoms with Gasteiger partial charge in [-0.2, -0.15) is 5.10 Å². The highest BCUT2D eigenvalue weighted by molar-refractivity contribution is 5.85. The van der Waals surface area contributed by atoms with Crippen LogP contribution < -0.4 is 5.73 Å². The highest BCUT2D eigenvalue weighted by Gasteiger charge is 1.94. The minimum atomic E-state index is 0. The SMILES string of the molecule is Cl.Cl.NCc1ccc(-n2cccn2)cc1. The second-order valence-electron chi connectivity index (χ2n) is 2.82. The molecule has 0 amide bonds. The Morgan fingerprint density at radius 1 is 1.13 bits per heavy atom. The molecule has 0 atom stereocenters. The van der Waals surface area contributed by atoms with Gasteiger partial charge in [0.05, 0.1) is 5.69 Å². The minimum Gasteiger partial charge on any atom is -0.326 e. The fourth-order valence-corrected chi connectivity index (χ4v) is 1.21. The summed E-state index contributed by atoms with van der Waals surface area (Å²) in [5.41, 5.74) is 7.69. The van der Waals surface area contributed by atoms with Crippen LogP contribution in [0.25, 0.3) is 5.69 Å². The molecule has 0 spiro atoms. The van der Waals surface area contributed by atoms with Crippen LogP contribution in [-0.2, 0) is 6.54 Å². The molecule has 1 aromatic heterocycles. The first-order chi connectivity index (χ1) is 6.40. The van der Waals surface area contributed by atoms with E-state index < -0.39 is 0 Å². The second kappa shape index (κ2) is 6.45. The average molecular weight is 246 g/mol. The molecule has 0 radical (unpaired) electrons. The summed E-state index contributed by atoms with van der Waals surface area (Å²) < 4.78 is 1.82. The van der Waals surface area contributed by atoms with Gasteiger partial charge in [0, 0.05) is 18.9 Å². The van der Waals surface area contributed by atoms with Crippen LogP contribution in [0.4, 0.5) is 0 Å². The summed E-state index contributed by atoms with van der Waals surface area (Å²) in [6.07, 6.45) is 3.67. The molecule has 3 nitrogen and oxygen atoms in total. The van der Waals surface area contributed by atoms with E-state index in [1.165, 1.54) is 0 Å². The molecule has 2 rings (SSSR count). The van der Waals surface area contributed by atoms with Gasteiger partial charge in [-0.15, -0.1) is 24.8 Å². The van der Waals surface area contributed by atoms with E-state index in [1.807, 2.05) is 41.2 Å². The zero-order valence-electron chi connectivity index (χ0n) is 8.04. The first kappa shape index (κ1) is 14.0. The molecule has 1 heterocycles. The van der Waals surface area contributed by atoms with Crippen LogP contribution in [0.15, 0.2) is 42.7 Å². The van der Waals surface area contributed by atoms with E-state index in [0.717, 1.165) is 11.3 Å². The Morgan fingerprint density at radius 2 is 1.80 bits per heavy atom. The van der Waals surface area contributed by atoms with Crippen LogP contribution in [-0.4, -0.2) is 9.78 Å². The fourth-order valence-electron chi connectivity index (χ4n) is 1.21. The van der Waals surface area contributed by atoms with Crippen molar-refractivity contribution in [1.82, 2.24) is 9.78 Å². The first-order valence-corrected chi connectivity index (χ1v) is 4.19. The highest BCUT2D eigenvalue weighted by atomic mass is 35.5. The van der Waals surface area contributed by atoms with Gasteiger partial charge in [-0.1, -0.05) is 12.1 Å². The second-order valence-corrected chi connectivity index (χ2v) is 2.82. The molecule has 0 fully saturated rings. The summed E-state index contributed by atoms with van der Waals surface area (Å²) >= 11 is 0. The van der Waals surface area contributed by atoms with Crippen molar-refractivity contribution in [3.05, 3.63) is 48.3 Å². The van der Waals surface area contributed by atoms with Crippen molar-refractivity contribution < 1.29 is 0 Å². The maximum atomic E-state index is 5.50. The van der Waals surface area contributed by atoms with Gasteiger partial charge in [-0.25, -0.2) is 4.68 Å². The topological polar surface area (TPSA) is 43.8 Å². The zero-order chi connectivity index (χ0) is 9.10. The predicted molar refractivity (Wildman–Crippen MR) is 66.0 cm³/mol. The predicted octanol–water partition coefficient (Wildman–Crippen LogP) is 2.17. The van der Waals surface area contributed by atoms with Crippen molar-refractivity contribution in [3.8, 4) is 5.69 Å². The van der Waals surface area contributed by atoms with E-state index in [9.17, 15) is 0 Å². The normalized spacial score (nSPS) is 8.87. The van der Waals surface area contributed by atoms with Crippen molar-refractivity contribution in [1.29, 1.82) is 0 Å². The van der Waals surface area contributed by atoms with E-state index in [1.54, 1.807) is 6.20 Å². The van der Waals surface area contributed by atoms with Crippen LogP contribution in [0.1, 0.15) is 5.56 Å². The monoisotopic (exact) mass is 245 g/mol. The van der Waals surface area contributed by atoms with E-state index in [4.69, 9.17) is 5.73 Å². The molecule has 1 aromatic carbocycles. The lowest BCUT2D eigenvalue weighted by molar-refractivity contribution is 0.878. The zero-order valence-corrected chi connectivity index (χ0v) is 9.67. The maximum Gasteiger partial charge on any atom is 0.0645 e. The van der Waals surface area contributed by atoms with Gasteiger partial charge in [0.15, 0.2) is 0 Å². The number of benzene rings is 1. The lowest BCUT2D eigenvalue weighted by Crippen LogP contribution is -1.98. The number of nitrogens with two attached hydrogens (primary N) is 1. The molecule has 2 aromatic rings. The molecule has 0 unspecified atom stereocenters. The maximum absolute atomic E-state index is 5.50. The van der Waals surface area contributed by atoms with E-state index in [2.05, 4.69) is 5.10 Å². The van der Waals surface area contributed by atoms with Crippen LogP contribution in [0.5, 0.6) is 0 Å². The number of rotatable bonds is 2. The Bertz CT molecular complexity index is 370. The first-order valence-electron chi connectivity index (χ1n) is 4.19. The third-order valence-electron chi connectivity index (χ3n) is 1.94. The van der Waals surface area contributed by atoms with Crippen LogP contribution in [0.3, 0.4) is 0 Å². The van der Waals surface area contributed by atoms with Crippen molar-refractivity contribution in [2.45, 2.75) is 6.54 Å². The Labute approximate surface area is 101 Å². The fraction of sp³-hybridized carbons (Fsp3) is 0.100. The largest absolute Gasteiger partial charge is 0.326 e. The number of hydrogen-bond acceptors (Lipinski definition) is 2. The molecule has 82 valence electrons. The third-order valence-corrected chi connectivity index (χ3v) is 1.94. The lowest BCUT2D eigenvalue weighted by atomic mass is 10.2. The quantitative estimate of drug-likeness (QED) is 0.882. The molecule has 0 bridgehead atoms. The average Bonchev–Trinajstić information content (AvgIpc) is 2.71. The van der Waals surface area contributed by atoms with Crippen molar-refractivity contribution >= 4 is 24.8 Å². The highest BCUT2D eigenvalue weighted by Crippen LogP contribution is 2.07. The van der Waals surface area contributed by atoms with Crippen molar-refractivity contribution in [2.24, 2.45) is 5.73 Å². The van der Waals surface area contributed by atoms with Crippen molar-refractivity contribution in [2.75, 3.05) is 0 Å². The molecule has 2 N–H and O–H groups in total. The Morgan fingerprint density at radius 3 is 2.27 bits per heavy atom. The molecule has 0 aliphatic carbocycles. The summed E-state index contributed by atoms with van der Waals surface area (Å²) in [6.45, 7) is 0.583. The molecule has 15 heavy (non-hydrogen) atoms. The molecular weight excluding hydrogens is 233 g/mol. The van der Waals surface area contributed by atoms with Gasteiger partial charge in [0.25, 0.3) is 0 Å². The number of aromatic nitrogens is 2. The molecule has 5 heteroatoms. The summed E-state index contributed by atoms with van der Waals surface area (Å²) in [7, 11) is 0. The molecule has 0 saturated carbocycles. The molecule has 0 aliphatic heterocycles. The van der Waals surface area contributed by atoms with Gasteiger partial charge in [-0.05, 0) is 23.8 Å². The smallest absolute Gasteiger partial charge is 0.0645 e. The van der Waals surface area contributed by atoms with Gasteiger partial charge in [-0.3, -0.25) is 0 Å². The van der Waals surface area contributed by atoms with E-state index in [-0.39, 0.29) is 24.8 Å². The Balaban J connectivity index is 0.000000980. The van der Waals surface area contributed by atoms with Gasteiger partial charge < -0.3 is 5.73 Å². The Kier molecular flexibility index (Phi) is 6.01. The van der Waals surface area contributed by atoms with Gasteiger partial charge >= 0.3 is 0 Å².